The van der Waals surface area contributed by atoms with Crippen LogP contribution in [0.3, 0.4) is 0 Å². The van der Waals surface area contributed by atoms with E-state index < -0.39 is 15.6 Å². The summed E-state index contributed by atoms with van der Waals surface area (Å²) in [5.74, 6) is 0. The average molecular weight is 320 g/mol. The second-order valence-electron chi connectivity index (χ2n) is 5.23. The van der Waals surface area contributed by atoms with Crippen LogP contribution in [0.2, 0.25) is 0 Å². The van der Waals surface area contributed by atoms with Crippen LogP contribution in [0, 0.1) is 0 Å². The first-order chi connectivity index (χ1) is 10.3. The standard InChI is InChI=1S/C16H20N2O3S/c1-16(19,13-6-4-3-5-7-13)12-18-14-8-10-15(11-9-14)22(20,21)17-2/h3-11,17-19H,12H2,1-2H3. The summed E-state index contributed by atoms with van der Waals surface area (Å²) in [5, 5.41) is 13.6. The van der Waals surface area contributed by atoms with Crippen LogP contribution < -0.4 is 10.0 Å². The topological polar surface area (TPSA) is 78.4 Å². The van der Waals surface area contributed by atoms with Gasteiger partial charge in [-0.1, -0.05) is 30.3 Å². The van der Waals surface area contributed by atoms with E-state index in [1.54, 1.807) is 19.1 Å². The first kappa shape index (κ1) is 16.5. The molecule has 5 nitrogen and oxygen atoms in total. The third kappa shape index (κ3) is 3.85. The van der Waals surface area contributed by atoms with Crippen molar-refractivity contribution in [3.63, 3.8) is 0 Å². The molecule has 2 aromatic rings. The lowest BCUT2D eigenvalue weighted by Gasteiger charge is -2.24. The Bertz CT molecular complexity index is 711. The van der Waals surface area contributed by atoms with Crippen LogP contribution in [0.4, 0.5) is 5.69 Å². The molecule has 0 amide bonds. The molecule has 22 heavy (non-hydrogen) atoms. The summed E-state index contributed by atoms with van der Waals surface area (Å²) in [7, 11) is -2.05. The highest BCUT2D eigenvalue weighted by molar-refractivity contribution is 7.89. The van der Waals surface area contributed by atoms with Crippen molar-refractivity contribution in [1.29, 1.82) is 0 Å². The Hall–Kier alpha value is -1.89. The van der Waals surface area contributed by atoms with Gasteiger partial charge in [-0.15, -0.1) is 0 Å². The Morgan fingerprint density at radius 2 is 1.64 bits per heavy atom. The van der Waals surface area contributed by atoms with Crippen molar-refractivity contribution in [3.05, 3.63) is 60.2 Å². The molecule has 1 atom stereocenters. The zero-order valence-electron chi connectivity index (χ0n) is 12.6. The molecule has 0 radical (unpaired) electrons. The molecule has 2 aromatic carbocycles. The Morgan fingerprint density at radius 3 is 2.18 bits per heavy atom. The van der Waals surface area contributed by atoms with E-state index in [2.05, 4.69) is 10.0 Å². The summed E-state index contributed by atoms with van der Waals surface area (Å²) < 4.78 is 25.6. The van der Waals surface area contributed by atoms with Gasteiger partial charge in [-0.3, -0.25) is 0 Å². The van der Waals surface area contributed by atoms with Crippen molar-refractivity contribution in [2.45, 2.75) is 17.4 Å². The molecule has 0 heterocycles. The Kier molecular flexibility index (Phi) is 4.85. The zero-order valence-corrected chi connectivity index (χ0v) is 13.4. The fourth-order valence-corrected chi connectivity index (χ4v) is 2.77. The van der Waals surface area contributed by atoms with E-state index in [4.69, 9.17) is 0 Å². The molecule has 0 aliphatic heterocycles. The minimum Gasteiger partial charge on any atom is -0.384 e. The van der Waals surface area contributed by atoms with E-state index in [-0.39, 0.29) is 4.90 Å². The lowest BCUT2D eigenvalue weighted by molar-refractivity contribution is 0.0715. The number of rotatable bonds is 6. The lowest BCUT2D eigenvalue weighted by atomic mass is 9.96. The van der Waals surface area contributed by atoms with Crippen molar-refractivity contribution in [1.82, 2.24) is 4.72 Å². The fraction of sp³-hybridized carbons (Fsp3) is 0.250. The molecule has 3 N–H and O–H groups in total. The van der Waals surface area contributed by atoms with Crippen molar-refractivity contribution >= 4 is 15.7 Å². The van der Waals surface area contributed by atoms with Crippen LogP contribution in [0.15, 0.2) is 59.5 Å². The van der Waals surface area contributed by atoms with Crippen LogP contribution >= 0.6 is 0 Å². The van der Waals surface area contributed by atoms with Gasteiger partial charge in [0.1, 0.15) is 5.60 Å². The smallest absolute Gasteiger partial charge is 0.240 e. The Balaban J connectivity index is 2.06. The van der Waals surface area contributed by atoms with Gasteiger partial charge in [0.05, 0.1) is 4.90 Å². The number of aliphatic hydroxyl groups is 1. The quantitative estimate of drug-likeness (QED) is 0.760. The van der Waals surface area contributed by atoms with E-state index in [1.165, 1.54) is 19.2 Å². The molecular weight excluding hydrogens is 300 g/mol. The highest BCUT2D eigenvalue weighted by atomic mass is 32.2. The van der Waals surface area contributed by atoms with E-state index in [1.807, 2.05) is 30.3 Å². The summed E-state index contributed by atoms with van der Waals surface area (Å²) in [6, 6.07) is 15.8. The maximum absolute atomic E-state index is 11.6. The molecule has 0 aliphatic carbocycles. The first-order valence-corrected chi connectivity index (χ1v) is 8.39. The summed E-state index contributed by atoms with van der Waals surface area (Å²) >= 11 is 0. The monoisotopic (exact) mass is 320 g/mol. The van der Waals surface area contributed by atoms with E-state index in [9.17, 15) is 13.5 Å². The number of hydrogen-bond donors (Lipinski definition) is 3. The van der Waals surface area contributed by atoms with Crippen LogP contribution in [-0.4, -0.2) is 27.1 Å². The summed E-state index contributed by atoms with van der Waals surface area (Å²) in [6.07, 6.45) is 0. The molecule has 0 saturated heterocycles. The number of benzene rings is 2. The van der Waals surface area contributed by atoms with Crippen LogP contribution in [0.5, 0.6) is 0 Å². The van der Waals surface area contributed by atoms with E-state index >= 15 is 0 Å². The molecular formula is C16H20N2O3S. The number of sulfonamides is 1. The fourth-order valence-electron chi connectivity index (χ4n) is 2.04. The van der Waals surface area contributed by atoms with Gasteiger partial charge in [-0.2, -0.15) is 0 Å². The average Bonchev–Trinajstić information content (AvgIpc) is 2.54. The van der Waals surface area contributed by atoms with E-state index in [0.717, 1.165) is 11.3 Å². The molecule has 118 valence electrons. The van der Waals surface area contributed by atoms with Crippen LogP contribution in [0.1, 0.15) is 12.5 Å². The molecule has 0 bridgehead atoms. The number of hydrogen-bond acceptors (Lipinski definition) is 4. The minimum absolute atomic E-state index is 0.204. The SMILES string of the molecule is CNS(=O)(=O)c1ccc(NCC(C)(O)c2ccccc2)cc1. The van der Waals surface area contributed by atoms with Gasteiger partial charge in [0, 0.05) is 12.2 Å². The molecule has 1 unspecified atom stereocenters. The Morgan fingerprint density at radius 1 is 1.05 bits per heavy atom. The minimum atomic E-state index is -3.43. The van der Waals surface area contributed by atoms with Gasteiger partial charge < -0.3 is 10.4 Å². The lowest BCUT2D eigenvalue weighted by Crippen LogP contribution is -2.30. The van der Waals surface area contributed by atoms with Crippen molar-refractivity contribution in [2.24, 2.45) is 0 Å². The van der Waals surface area contributed by atoms with Gasteiger partial charge in [0.2, 0.25) is 10.0 Å². The summed E-state index contributed by atoms with van der Waals surface area (Å²) in [5.41, 5.74) is 0.542. The normalized spacial score (nSPS) is 14.3. The van der Waals surface area contributed by atoms with Crippen LogP contribution in [-0.2, 0) is 15.6 Å². The summed E-state index contributed by atoms with van der Waals surface area (Å²) in [4.78, 5) is 0.204. The summed E-state index contributed by atoms with van der Waals surface area (Å²) in [6.45, 7) is 2.05. The van der Waals surface area contributed by atoms with Crippen molar-refractivity contribution < 1.29 is 13.5 Å². The molecule has 0 saturated carbocycles. The second-order valence-corrected chi connectivity index (χ2v) is 7.11. The largest absolute Gasteiger partial charge is 0.384 e. The maximum atomic E-state index is 11.6. The molecule has 0 aromatic heterocycles. The predicted octanol–water partition coefficient (Wildman–Crippen LogP) is 1.91. The third-order valence-electron chi connectivity index (χ3n) is 3.47. The van der Waals surface area contributed by atoms with Crippen molar-refractivity contribution in [2.75, 3.05) is 18.9 Å². The molecule has 0 spiro atoms. The molecule has 2 rings (SSSR count). The predicted molar refractivity (Wildman–Crippen MR) is 87.2 cm³/mol. The van der Waals surface area contributed by atoms with Gasteiger partial charge in [-0.25, -0.2) is 13.1 Å². The van der Waals surface area contributed by atoms with Crippen molar-refractivity contribution in [3.8, 4) is 0 Å². The third-order valence-corrected chi connectivity index (χ3v) is 4.90. The van der Waals surface area contributed by atoms with Gasteiger partial charge in [-0.05, 0) is 43.8 Å². The Labute approximate surface area is 131 Å². The van der Waals surface area contributed by atoms with Gasteiger partial charge >= 0.3 is 0 Å². The maximum Gasteiger partial charge on any atom is 0.240 e. The molecule has 0 aliphatic rings. The number of nitrogens with one attached hydrogen (secondary N) is 2. The van der Waals surface area contributed by atoms with Gasteiger partial charge in [0.15, 0.2) is 0 Å². The van der Waals surface area contributed by atoms with Crippen LogP contribution in [0.25, 0.3) is 0 Å². The van der Waals surface area contributed by atoms with E-state index in [0.29, 0.717) is 6.54 Å². The molecule has 6 heteroatoms. The second kappa shape index (κ2) is 6.48. The first-order valence-electron chi connectivity index (χ1n) is 6.90. The molecule has 0 fully saturated rings. The highest BCUT2D eigenvalue weighted by Crippen LogP contribution is 2.21. The number of anilines is 1. The zero-order chi connectivity index (χ0) is 16.2. The van der Waals surface area contributed by atoms with Gasteiger partial charge in [0.25, 0.3) is 0 Å². The highest BCUT2D eigenvalue weighted by Gasteiger charge is 2.22.